The van der Waals surface area contributed by atoms with Gasteiger partial charge in [-0.3, -0.25) is 4.79 Å². The quantitative estimate of drug-likeness (QED) is 0.677. The lowest BCUT2D eigenvalue weighted by atomic mass is 10.2. The monoisotopic (exact) mass is 233 g/mol. The van der Waals surface area contributed by atoms with Gasteiger partial charge >= 0.3 is 0 Å². The first kappa shape index (κ1) is 11.8. The van der Waals surface area contributed by atoms with Crippen LogP contribution in [0.2, 0.25) is 0 Å². The Balaban J connectivity index is 1.73. The molecule has 0 saturated heterocycles. The lowest BCUT2D eigenvalue weighted by Gasteiger charge is -2.08. The molecule has 92 valence electrons. The summed E-state index contributed by atoms with van der Waals surface area (Å²) in [5, 5.41) is 6.15. The number of amides is 1. The Kier molecular flexibility index (Phi) is 3.52. The normalized spacial score (nSPS) is 14.4. The maximum Gasteiger partial charge on any atom is 0.221 e. The molecule has 0 spiro atoms. The van der Waals surface area contributed by atoms with Crippen LogP contribution in [0.3, 0.4) is 0 Å². The van der Waals surface area contributed by atoms with Crippen molar-refractivity contribution in [2.75, 3.05) is 17.6 Å². The van der Waals surface area contributed by atoms with Gasteiger partial charge in [-0.15, -0.1) is 0 Å². The Labute approximate surface area is 102 Å². The van der Waals surface area contributed by atoms with Gasteiger partial charge in [0.05, 0.1) is 0 Å². The van der Waals surface area contributed by atoms with Gasteiger partial charge in [-0.2, -0.15) is 0 Å². The number of benzene rings is 1. The van der Waals surface area contributed by atoms with Crippen LogP contribution < -0.4 is 16.4 Å². The summed E-state index contributed by atoms with van der Waals surface area (Å²) in [5.41, 5.74) is 8.62. The summed E-state index contributed by atoms with van der Waals surface area (Å²) < 4.78 is 0. The van der Waals surface area contributed by atoms with Crippen molar-refractivity contribution in [2.45, 2.75) is 32.2 Å². The van der Waals surface area contributed by atoms with E-state index in [0.29, 0.717) is 19.0 Å². The molecule has 0 aliphatic heterocycles. The molecular weight excluding hydrogens is 214 g/mol. The second kappa shape index (κ2) is 5.08. The van der Waals surface area contributed by atoms with Gasteiger partial charge in [-0.05, 0) is 37.5 Å². The molecule has 1 fully saturated rings. The molecule has 2 rings (SSSR count). The average molecular weight is 233 g/mol. The van der Waals surface area contributed by atoms with E-state index in [9.17, 15) is 4.79 Å². The highest BCUT2D eigenvalue weighted by Crippen LogP contribution is 2.19. The molecule has 0 aromatic heterocycles. The van der Waals surface area contributed by atoms with Crippen molar-refractivity contribution in [3.05, 3.63) is 23.8 Å². The van der Waals surface area contributed by atoms with Gasteiger partial charge in [0, 0.05) is 30.4 Å². The summed E-state index contributed by atoms with van der Waals surface area (Å²) in [6, 6.07) is 6.29. The molecule has 4 heteroatoms. The second-order valence-electron chi connectivity index (χ2n) is 4.59. The molecule has 1 aromatic carbocycles. The lowest BCUT2D eigenvalue weighted by Crippen LogP contribution is -2.27. The van der Waals surface area contributed by atoms with Crippen LogP contribution in [0.4, 0.5) is 11.4 Å². The van der Waals surface area contributed by atoms with Crippen LogP contribution in [0.25, 0.3) is 0 Å². The first-order chi connectivity index (χ1) is 8.15. The number of hydrogen-bond acceptors (Lipinski definition) is 3. The third-order valence-electron chi connectivity index (χ3n) is 2.90. The van der Waals surface area contributed by atoms with E-state index in [-0.39, 0.29) is 5.91 Å². The van der Waals surface area contributed by atoms with E-state index in [1.165, 1.54) is 0 Å². The highest BCUT2D eigenvalue weighted by molar-refractivity contribution is 5.77. The van der Waals surface area contributed by atoms with Gasteiger partial charge in [-0.25, -0.2) is 0 Å². The van der Waals surface area contributed by atoms with Crippen molar-refractivity contribution in [3.63, 3.8) is 0 Å². The summed E-state index contributed by atoms with van der Waals surface area (Å²) >= 11 is 0. The Morgan fingerprint density at radius 3 is 2.88 bits per heavy atom. The molecule has 4 nitrogen and oxygen atoms in total. The third kappa shape index (κ3) is 3.66. The zero-order chi connectivity index (χ0) is 12.3. The van der Waals surface area contributed by atoms with Crippen molar-refractivity contribution >= 4 is 17.3 Å². The van der Waals surface area contributed by atoms with E-state index in [0.717, 1.165) is 29.8 Å². The van der Waals surface area contributed by atoms with Crippen LogP contribution >= 0.6 is 0 Å². The van der Waals surface area contributed by atoms with Gasteiger partial charge in [-0.1, -0.05) is 6.07 Å². The van der Waals surface area contributed by atoms with Crippen LogP contribution in [0.1, 0.15) is 24.8 Å². The van der Waals surface area contributed by atoms with Crippen molar-refractivity contribution in [1.29, 1.82) is 0 Å². The Hall–Kier alpha value is -1.71. The van der Waals surface area contributed by atoms with E-state index in [2.05, 4.69) is 10.6 Å². The van der Waals surface area contributed by atoms with Crippen LogP contribution in [0.15, 0.2) is 18.2 Å². The van der Waals surface area contributed by atoms with E-state index >= 15 is 0 Å². The maximum atomic E-state index is 11.4. The van der Waals surface area contributed by atoms with Crippen molar-refractivity contribution < 1.29 is 4.79 Å². The van der Waals surface area contributed by atoms with Crippen LogP contribution in [0.5, 0.6) is 0 Å². The first-order valence-corrected chi connectivity index (χ1v) is 6.04. The number of nitrogens with one attached hydrogen (secondary N) is 2. The molecule has 1 saturated carbocycles. The number of carbonyl (C=O) groups is 1. The van der Waals surface area contributed by atoms with Gasteiger partial charge in [0.1, 0.15) is 0 Å². The standard InChI is InChI=1S/C13H19N3O/c1-9-2-3-11(8-12(9)14)15-7-6-13(17)16-10-4-5-10/h2-3,8,10,15H,4-7,14H2,1H3,(H,16,17). The number of carbonyl (C=O) groups excluding carboxylic acids is 1. The summed E-state index contributed by atoms with van der Waals surface area (Å²) in [6.07, 6.45) is 2.77. The minimum atomic E-state index is 0.125. The predicted molar refractivity (Wildman–Crippen MR) is 69.9 cm³/mol. The van der Waals surface area contributed by atoms with E-state index in [4.69, 9.17) is 5.73 Å². The molecule has 0 bridgehead atoms. The minimum absolute atomic E-state index is 0.125. The summed E-state index contributed by atoms with van der Waals surface area (Å²) in [6.45, 7) is 2.61. The van der Waals surface area contributed by atoms with Crippen molar-refractivity contribution in [1.82, 2.24) is 5.32 Å². The van der Waals surface area contributed by atoms with E-state index in [1.807, 2.05) is 25.1 Å². The molecule has 1 aromatic rings. The zero-order valence-corrected chi connectivity index (χ0v) is 10.1. The zero-order valence-electron chi connectivity index (χ0n) is 10.1. The average Bonchev–Trinajstić information content (AvgIpc) is 3.07. The fourth-order valence-electron chi connectivity index (χ4n) is 1.60. The molecule has 1 aliphatic carbocycles. The highest BCUT2D eigenvalue weighted by Gasteiger charge is 2.22. The predicted octanol–water partition coefficient (Wildman–Crippen LogP) is 1.66. The molecule has 1 aliphatic rings. The van der Waals surface area contributed by atoms with Gasteiger partial charge in [0.15, 0.2) is 0 Å². The summed E-state index contributed by atoms with van der Waals surface area (Å²) in [5.74, 6) is 0.125. The van der Waals surface area contributed by atoms with Gasteiger partial charge in [0.2, 0.25) is 5.91 Å². The fraction of sp³-hybridized carbons (Fsp3) is 0.462. The van der Waals surface area contributed by atoms with Crippen LogP contribution in [0, 0.1) is 6.92 Å². The number of rotatable bonds is 5. The number of hydrogen-bond donors (Lipinski definition) is 3. The number of anilines is 2. The molecular formula is C13H19N3O. The Morgan fingerprint density at radius 2 is 2.24 bits per heavy atom. The second-order valence-corrected chi connectivity index (χ2v) is 4.59. The molecule has 1 amide bonds. The molecule has 0 radical (unpaired) electrons. The first-order valence-electron chi connectivity index (χ1n) is 6.04. The summed E-state index contributed by atoms with van der Waals surface area (Å²) in [4.78, 5) is 11.4. The largest absolute Gasteiger partial charge is 0.398 e. The molecule has 0 heterocycles. The smallest absolute Gasteiger partial charge is 0.221 e. The number of nitrogen functional groups attached to an aromatic ring is 1. The van der Waals surface area contributed by atoms with E-state index in [1.54, 1.807) is 0 Å². The SMILES string of the molecule is Cc1ccc(NCCC(=O)NC2CC2)cc1N. The maximum absolute atomic E-state index is 11.4. The Morgan fingerprint density at radius 1 is 1.47 bits per heavy atom. The fourth-order valence-corrected chi connectivity index (χ4v) is 1.60. The van der Waals surface area contributed by atoms with Crippen molar-refractivity contribution in [3.8, 4) is 0 Å². The number of aryl methyl sites for hydroxylation is 1. The highest BCUT2D eigenvalue weighted by atomic mass is 16.1. The van der Waals surface area contributed by atoms with E-state index < -0.39 is 0 Å². The van der Waals surface area contributed by atoms with Crippen molar-refractivity contribution in [2.24, 2.45) is 0 Å². The number of nitrogens with two attached hydrogens (primary N) is 1. The minimum Gasteiger partial charge on any atom is -0.398 e. The van der Waals surface area contributed by atoms with Gasteiger partial charge < -0.3 is 16.4 Å². The molecule has 17 heavy (non-hydrogen) atoms. The summed E-state index contributed by atoms with van der Waals surface area (Å²) in [7, 11) is 0. The third-order valence-corrected chi connectivity index (χ3v) is 2.90. The van der Waals surface area contributed by atoms with Crippen LogP contribution in [-0.2, 0) is 4.79 Å². The van der Waals surface area contributed by atoms with Crippen LogP contribution in [-0.4, -0.2) is 18.5 Å². The topological polar surface area (TPSA) is 67.2 Å². The van der Waals surface area contributed by atoms with Gasteiger partial charge in [0.25, 0.3) is 0 Å². The molecule has 4 N–H and O–H groups in total. The molecule has 0 unspecified atom stereocenters. The molecule has 0 atom stereocenters. The lowest BCUT2D eigenvalue weighted by molar-refractivity contribution is -0.120. The Bertz CT molecular complexity index is 413.